The molecule has 11 heteroatoms. The van der Waals surface area contributed by atoms with Crippen LogP contribution in [0.25, 0.3) is 0 Å². The number of hydrogen-bond acceptors (Lipinski definition) is 2. The minimum atomic E-state index is -5.06. The second kappa shape index (κ2) is 11.0. The lowest BCUT2D eigenvalue weighted by molar-refractivity contribution is -0.142. The number of aldehydes is 2. The fourth-order valence-electron chi connectivity index (χ4n) is 2.42. The third-order valence-electron chi connectivity index (χ3n) is 3.84. The third kappa shape index (κ3) is 8.06. The Morgan fingerprint density at radius 2 is 1.19 bits per heavy atom. The van der Waals surface area contributed by atoms with E-state index in [1.807, 2.05) is 0 Å². The lowest BCUT2D eigenvalue weighted by atomic mass is 10.1. The van der Waals surface area contributed by atoms with E-state index in [4.69, 9.17) is 0 Å². The molecule has 0 amide bonds. The molecule has 0 fully saturated rings. The zero-order chi connectivity index (χ0) is 23.8. The summed E-state index contributed by atoms with van der Waals surface area (Å²) in [6.07, 6.45) is -8.47. The van der Waals surface area contributed by atoms with Crippen molar-refractivity contribution in [2.45, 2.75) is 38.0 Å². The van der Waals surface area contributed by atoms with Crippen molar-refractivity contribution in [3.8, 4) is 0 Å². The minimum absolute atomic E-state index is 0.00421. The van der Waals surface area contributed by atoms with E-state index in [0.29, 0.717) is 30.8 Å². The van der Waals surface area contributed by atoms with Gasteiger partial charge in [-0.1, -0.05) is 0 Å². The molecular weight excluding hydrogens is 443 g/mol. The van der Waals surface area contributed by atoms with Crippen molar-refractivity contribution in [1.82, 2.24) is 0 Å². The highest BCUT2D eigenvalue weighted by Crippen LogP contribution is 2.34. The largest absolute Gasteiger partial charge is 0.422 e. The number of carbonyl (C=O) groups is 2. The van der Waals surface area contributed by atoms with E-state index in [-0.39, 0.29) is 36.8 Å². The third-order valence-corrected chi connectivity index (χ3v) is 3.84. The predicted molar refractivity (Wildman–Crippen MR) is 91.5 cm³/mol. The lowest BCUT2D eigenvalue weighted by Gasteiger charge is -2.10. The van der Waals surface area contributed by atoms with Crippen LogP contribution in [0.15, 0.2) is 30.3 Å². The Hall–Kier alpha value is -2.85. The summed E-state index contributed by atoms with van der Waals surface area (Å²) in [5, 5.41) is 0. The Morgan fingerprint density at radius 1 is 0.677 bits per heavy atom. The number of rotatable bonds is 6. The van der Waals surface area contributed by atoms with Gasteiger partial charge < -0.3 is 9.59 Å². The number of alkyl halides is 6. The van der Waals surface area contributed by atoms with Gasteiger partial charge in [-0.25, -0.2) is 13.2 Å². The van der Waals surface area contributed by atoms with Crippen LogP contribution in [0.2, 0.25) is 0 Å². The monoisotopic (exact) mass is 458 g/mol. The van der Waals surface area contributed by atoms with E-state index in [9.17, 15) is 49.1 Å². The van der Waals surface area contributed by atoms with Crippen LogP contribution in [-0.4, -0.2) is 12.6 Å². The number of halogens is 9. The Balaban J connectivity index is 0.000000311. The molecule has 0 unspecified atom stereocenters. The first-order chi connectivity index (χ1) is 14.3. The highest BCUT2D eigenvalue weighted by atomic mass is 19.4. The molecule has 2 rings (SSSR count). The van der Waals surface area contributed by atoms with Crippen molar-refractivity contribution >= 4 is 12.6 Å². The first kappa shape index (κ1) is 26.2. The predicted octanol–water partition coefficient (Wildman–Crippen LogP) is 6.09. The average molecular weight is 458 g/mol. The fraction of sp³-hybridized carbons (Fsp3) is 0.300. The van der Waals surface area contributed by atoms with E-state index in [0.717, 1.165) is 12.1 Å². The van der Waals surface area contributed by atoms with E-state index >= 15 is 0 Å². The molecule has 0 atom stereocenters. The molecule has 0 saturated carbocycles. The summed E-state index contributed by atoms with van der Waals surface area (Å²) in [6, 6.07) is 3.37. The molecule has 0 radical (unpaired) electrons. The fourth-order valence-corrected chi connectivity index (χ4v) is 2.42. The first-order valence-electron chi connectivity index (χ1n) is 8.59. The van der Waals surface area contributed by atoms with Gasteiger partial charge in [0.25, 0.3) is 0 Å². The van der Waals surface area contributed by atoms with Crippen LogP contribution in [0.4, 0.5) is 39.5 Å². The Bertz CT molecular complexity index is 879. The quantitative estimate of drug-likeness (QED) is 0.388. The molecule has 0 aliphatic heterocycles. The minimum Gasteiger partial charge on any atom is -0.303 e. The van der Waals surface area contributed by atoms with E-state index in [1.54, 1.807) is 0 Å². The van der Waals surface area contributed by atoms with E-state index < -0.39 is 40.9 Å². The summed E-state index contributed by atoms with van der Waals surface area (Å²) in [7, 11) is 0. The molecule has 0 heterocycles. The molecular formula is C20H15F9O2. The number of carbonyl (C=O) groups excluding carboxylic acids is 2. The lowest BCUT2D eigenvalue weighted by Crippen LogP contribution is -2.12. The Morgan fingerprint density at radius 3 is 1.65 bits per heavy atom. The Kier molecular flexibility index (Phi) is 9.26. The summed E-state index contributed by atoms with van der Waals surface area (Å²) in [6.45, 7) is 0. The zero-order valence-corrected chi connectivity index (χ0v) is 15.6. The number of benzene rings is 2. The van der Waals surface area contributed by atoms with E-state index in [1.165, 1.54) is 0 Å². The van der Waals surface area contributed by atoms with Gasteiger partial charge in [0.15, 0.2) is 0 Å². The smallest absolute Gasteiger partial charge is 0.303 e. The van der Waals surface area contributed by atoms with Crippen LogP contribution in [0, 0.1) is 17.5 Å². The summed E-state index contributed by atoms with van der Waals surface area (Å²) in [5.41, 5.74) is -2.86. The maximum absolute atomic E-state index is 13.0. The molecule has 2 aromatic rings. The van der Waals surface area contributed by atoms with Crippen LogP contribution in [0.1, 0.15) is 35.1 Å². The second-order valence-electron chi connectivity index (χ2n) is 6.15. The van der Waals surface area contributed by atoms with E-state index in [2.05, 4.69) is 0 Å². The molecule has 0 saturated heterocycles. The van der Waals surface area contributed by atoms with Gasteiger partial charge in [-0.3, -0.25) is 0 Å². The van der Waals surface area contributed by atoms with Crippen LogP contribution >= 0.6 is 0 Å². The van der Waals surface area contributed by atoms with Gasteiger partial charge in [0.2, 0.25) is 0 Å². The molecule has 0 bridgehead atoms. The molecule has 0 N–H and O–H groups in total. The zero-order valence-electron chi connectivity index (χ0n) is 15.6. The first-order valence-corrected chi connectivity index (χ1v) is 8.59. The van der Waals surface area contributed by atoms with Crippen LogP contribution in [0.3, 0.4) is 0 Å². The number of aryl methyl sites for hydroxylation is 2. The Labute approximate surface area is 170 Å². The van der Waals surface area contributed by atoms with Crippen molar-refractivity contribution in [2.75, 3.05) is 0 Å². The van der Waals surface area contributed by atoms with Crippen molar-refractivity contribution < 1.29 is 49.1 Å². The molecule has 0 aliphatic rings. The van der Waals surface area contributed by atoms with Crippen molar-refractivity contribution in [1.29, 1.82) is 0 Å². The number of hydrogen-bond donors (Lipinski definition) is 0. The van der Waals surface area contributed by atoms with Gasteiger partial charge in [0.05, 0.1) is 5.56 Å². The molecule has 0 aliphatic carbocycles. The maximum atomic E-state index is 13.0. The van der Waals surface area contributed by atoms with Gasteiger partial charge in [-0.15, -0.1) is 0 Å². The molecule has 0 aromatic heterocycles. The summed E-state index contributed by atoms with van der Waals surface area (Å²) in [4.78, 5) is 20.0. The normalized spacial score (nSPS) is 11.5. The van der Waals surface area contributed by atoms with Crippen molar-refractivity contribution in [3.63, 3.8) is 0 Å². The standard InChI is InChI=1S/C10H7F5O.C10H8F4O/c11-7-4-6(2-1-3-16)5-8(12)9(7)10(13,14)15;11-9-4-3-8(10(12,13)14)6-7(9)2-1-5-15/h3-5H,1-2H2;3-6H,1-2H2. The van der Waals surface area contributed by atoms with Crippen molar-refractivity contribution in [3.05, 3.63) is 70.0 Å². The van der Waals surface area contributed by atoms with Crippen LogP contribution in [-0.2, 0) is 34.8 Å². The topological polar surface area (TPSA) is 34.1 Å². The molecule has 2 nitrogen and oxygen atoms in total. The summed E-state index contributed by atoms with van der Waals surface area (Å²) >= 11 is 0. The maximum Gasteiger partial charge on any atom is 0.422 e. The molecule has 2 aromatic carbocycles. The van der Waals surface area contributed by atoms with Crippen LogP contribution < -0.4 is 0 Å². The van der Waals surface area contributed by atoms with Gasteiger partial charge in [0.1, 0.15) is 35.6 Å². The summed E-state index contributed by atoms with van der Waals surface area (Å²) < 4.78 is 112. The van der Waals surface area contributed by atoms with Gasteiger partial charge in [-0.2, -0.15) is 26.3 Å². The second-order valence-corrected chi connectivity index (χ2v) is 6.15. The highest BCUT2D eigenvalue weighted by Gasteiger charge is 2.37. The highest BCUT2D eigenvalue weighted by molar-refractivity contribution is 5.50. The van der Waals surface area contributed by atoms with Gasteiger partial charge in [-0.05, 0) is 54.3 Å². The van der Waals surface area contributed by atoms with Crippen LogP contribution in [0.5, 0.6) is 0 Å². The summed E-state index contributed by atoms with van der Waals surface area (Å²) in [5.74, 6) is -4.04. The molecule has 0 spiro atoms. The average Bonchev–Trinajstić information content (AvgIpc) is 2.63. The molecule has 170 valence electrons. The van der Waals surface area contributed by atoms with Gasteiger partial charge >= 0.3 is 12.4 Å². The van der Waals surface area contributed by atoms with Crippen molar-refractivity contribution in [2.24, 2.45) is 0 Å². The SMILES string of the molecule is O=CCCc1cc(C(F)(F)F)ccc1F.O=CCCc1cc(F)c(C(F)(F)F)c(F)c1. The molecule has 31 heavy (non-hydrogen) atoms. The van der Waals surface area contributed by atoms with Gasteiger partial charge in [0, 0.05) is 12.8 Å².